The molecule has 1 fully saturated rings. The first-order valence-electron chi connectivity index (χ1n) is 11.9. The molecule has 9 heteroatoms. The second-order valence-corrected chi connectivity index (χ2v) is 10.3. The van der Waals surface area contributed by atoms with Gasteiger partial charge < -0.3 is 19.7 Å². The topological polar surface area (TPSA) is 90.0 Å². The summed E-state index contributed by atoms with van der Waals surface area (Å²) in [6.45, 7) is 0.702. The van der Waals surface area contributed by atoms with Gasteiger partial charge in [0.15, 0.2) is 5.13 Å². The van der Waals surface area contributed by atoms with Gasteiger partial charge in [-0.1, -0.05) is 30.2 Å². The van der Waals surface area contributed by atoms with Crippen LogP contribution in [0.3, 0.4) is 0 Å². The molecule has 8 nitrogen and oxygen atoms in total. The van der Waals surface area contributed by atoms with E-state index >= 15 is 0 Å². The van der Waals surface area contributed by atoms with Gasteiger partial charge in [0, 0.05) is 37.0 Å². The first-order chi connectivity index (χ1) is 17.1. The molecule has 0 spiro atoms. The number of thiazole rings is 1. The van der Waals surface area contributed by atoms with Gasteiger partial charge in [-0.05, 0) is 36.6 Å². The van der Waals surface area contributed by atoms with Crippen molar-refractivity contribution in [1.29, 1.82) is 0 Å². The van der Waals surface area contributed by atoms with Crippen LogP contribution in [-0.4, -0.2) is 48.7 Å². The van der Waals surface area contributed by atoms with E-state index in [9.17, 15) is 5.11 Å². The van der Waals surface area contributed by atoms with Gasteiger partial charge in [0.25, 0.3) is 0 Å². The van der Waals surface area contributed by atoms with Gasteiger partial charge in [0.05, 0.1) is 53.0 Å². The second kappa shape index (κ2) is 8.98. The van der Waals surface area contributed by atoms with E-state index in [0.717, 1.165) is 68.9 Å². The Morgan fingerprint density at radius 2 is 2.06 bits per heavy atom. The molecule has 1 saturated carbocycles. The Morgan fingerprint density at radius 3 is 2.86 bits per heavy atom. The number of nitrogens with one attached hydrogen (secondary N) is 1. The maximum Gasteiger partial charge on any atom is 0.184 e. The van der Waals surface area contributed by atoms with Crippen molar-refractivity contribution in [3.8, 4) is 16.9 Å². The van der Waals surface area contributed by atoms with Crippen molar-refractivity contribution in [3.63, 3.8) is 0 Å². The van der Waals surface area contributed by atoms with E-state index in [-0.39, 0.29) is 12.1 Å². The summed E-state index contributed by atoms with van der Waals surface area (Å²) in [5, 5.41) is 19.0. The van der Waals surface area contributed by atoms with E-state index in [1.165, 1.54) is 5.56 Å². The quantitative estimate of drug-likeness (QED) is 0.356. The molecule has 3 heterocycles. The maximum atomic E-state index is 10.3. The van der Waals surface area contributed by atoms with Gasteiger partial charge in [-0.25, -0.2) is 9.97 Å². The first kappa shape index (κ1) is 22.1. The molecule has 2 unspecified atom stereocenters. The van der Waals surface area contributed by atoms with E-state index in [4.69, 9.17) is 9.72 Å². The van der Waals surface area contributed by atoms with Crippen LogP contribution in [0.1, 0.15) is 31.2 Å². The molecule has 2 N–H and O–H groups in total. The van der Waals surface area contributed by atoms with E-state index < -0.39 is 0 Å². The third-order valence-corrected chi connectivity index (χ3v) is 7.75. The zero-order chi connectivity index (χ0) is 23.9. The van der Waals surface area contributed by atoms with Crippen LogP contribution in [0.5, 0.6) is 5.75 Å². The zero-order valence-electron chi connectivity index (χ0n) is 19.8. The summed E-state index contributed by atoms with van der Waals surface area (Å²) >= 11 is 1.65. The summed E-state index contributed by atoms with van der Waals surface area (Å²) < 4.78 is 10.7. The highest BCUT2D eigenvalue weighted by Gasteiger charge is 2.23. The average molecular weight is 489 g/mol. The Morgan fingerprint density at radius 1 is 1.17 bits per heavy atom. The number of methoxy groups -OCH3 is 1. The van der Waals surface area contributed by atoms with E-state index in [1.807, 2.05) is 31.8 Å². The van der Waals surface area contributed by atoms with E-state index in [1.54, 1.807) is 23.1 Å². The molecule has 5 aromatic rings. The Bertz CT molecular complexity index is 1500. The van der Waals surface area contributed by atoms with Crippen LogP contribution >= 0.6 is 11.3 Å². The largest absolute Gasteiger partial charge is 0.496 e. The van der Waals surface area contributed by atoms with Gasteiger partial charge in [0.1, 0.15) is 5.75 Å². The van der Waals surface area contributed by atoms with Crippen molar-refractivity contribution >= 4 is 37.7 Å². The molecule has 180 valence electrons. The van der Waals surface area contributed by atoms with Crippen LogP contribution < -0.4 is 10.1 Å². The Balaban J connectivity index is 1.29. The van der Waals surface area contributed by atoms with Crippen LogP contribution in [0.4, 0.5) is 5.13 Å². The zero-order valence-corrected chi connectivity index (χ0v) is 20.6. The third-order valence-electron chi connectivity index (χ3n) is 6.80. The number of aromatic nitrogens is 5. The monoisotopic (exact) mass is 488 g/mol. The number of anilines is 1. The highest BCUT2D eigenvalue weighted by atomic mass is 32.1. The maximum absolute atomic E-state index is 10.3. The number of benzene rings is 2. The number of hydrogen-bond donors (Lipinski definition) is 2. The van der Waals surface area contributed by atoms with Gasteiger partial charge >= 0.3 is 0 Å². The summed E-state index contributed by atoms with van der Waals surface area (Å²) in [6, 6.07) is 10.6. The Hall–Kier alpha value is -3.43. The normalized spacial score (nSPS) is 18.4. The predicted octanol–water partition coefficient (Wildman–Crippen LogP) is 4.82. The molecule has 0 bridgehead atoms. The highest BCUT2D eigenvalue weighted by molar-refractivity contribution is 7.22. The van der Waals surface area contributed by atoms with Gasteiger partial charge in [0.2, 0.25) is 0 Å². The van der Waals surface area contributed by atoms with Crippen LogP contribution in [0.2, 0.25) is 0 Å². The number of ether oxygens (including phenoxy) is 1. The molecule has 1 aliphatic rings. The highest BCUT2D eigenvalue weighted by Crippen LogP contribution is 2.34. The van der Waals surface area contributed by atoms with Gasteiger partial charge in [-0.15, -0.1) is 0 Å². The van der Waals surface area contributed by atoms with Crippen molar-refractivity contribution in [2.24, 2.45) is 7.05 Å². The number of rotatable bonds is 6. The summed E-state index contributed by atoms with van der Waals surface area (Å²) in [5.41, 5.74) is 6.10. The first-order valence-corrected chi connectivity index (χ1v) is 12.7. The molecular weight excluding hydrogens is 460 g/mol. The predicted molar refractivity (Wildman–Crippen MR) is 139 cm³/mol. The average Bonchev–Trinajstić information content (AvgIpc) is 3.57. The fourth-order valence-electron chi connectivity index (χ4n) is 4.93. The van der Waals surface area contributed by atoms with Crippen molar-refractivity contribution in [3.05, 3.63) is 54.6 Å². The molecule has 2 atom stereocenters. The molecule has 2 aromatic carbocycles. The summed E-state index contributed by atoms with van der Waals surface area (Å²) in [4.78, 5) is 9.37. The van der Waals surface area contributed by atoms with E-state index in [0.29, 0.717) is 6.54 Å². The lowest BCUT2D eigenvalue weighted by molar-refractivity contribution is 0.116. The molecular formula is C26H28N6O2S. The molecule has 1 aliphatic carbocycles. The minimum absolute atomic E-state index is 0.0899. The molecule has 3 aromatic heterocycles. The summed E-state index contributed by atoms with van der Waals surface area (Å²) in [7, 11) is 3.59. The number of hydrogen-bond acceptors (Lipinski definition) is 7. The lowest BCUT2D eigenvalue weighted by Crippen LogP contribution is -2.36. The van der Waals surface area contributed by atoms with Gasteiger partial charge in [-0.2, -0.15) is 5.10 Å². The van der Waals surface area contributed by atoms with Crippen LogP contribution in [0.25, 0.3) is 32.4 Å². The van der Waals surface area contributed by atoms with Crippen LogP contribution in [-0.2, 0) is 13.6 Å². The Labute approximate surface area is 207 Å². The molecule has 35 heavy (non-hydrogen) atoms. The molecule has 6 rings (SSSR count). The number of aryl methyl sites for hydroxylation is 1. The standard InChI is InChI=1S/C26H28N6O2S/c1-31-14-17(12-28-31)18-10-22-21(11-24(18)34-2)27-15-32(22)13-16-7-8-20-25(9-16)35-26(30-20)29-19-5-3-4-6-23(19)33/h7-12,14-15,19,23,33H,3-6,13H2,1-2H3,(H,29,30). The third kappa shape index (κ3) is 4.26. The van der Waals surface area contributed by atoms with Crippen molar-refractivity contribution in [2.75, 3.05) is 12.4 Å². The number of nitrogens with zero attached hydrogens (tertiary/aromatic N) is 5. The minimum Gasteiger partial charge on any atom is -0.496 e. The second-order valence-electron chi connectivity index (χ2n) is 9.24. The smallest absolute Gasteiger partial charge is 0.184 e. The van der Waals surface area contributed by atoms with Gasteiger partial charge in [-0.3, -0.25) is 4.68 Å². The van der Waals surface area contributed by atoms with Crippen molar-refractivity contribution in [1.82, 2.24) is 24.3 Å². The SMILES string of the molecule is COc1cc2ncn(Cc3ccc4nc(NC5CCCCC5O)sc4c3)c2cc1-c1cnn(C)c1. The minimum atomic E-state index is -0.295. The number of fused-ring (bicyclic) bond motifs is 2. The Kier molecular flexibility index (Phi) is 5.66. The summed E-state index contributed by atoms with van der Waals surface area (Å²) in [5.74, 6) is 0.782. The lowest BCUT2D eigenvalue weighted by Gasteiger charge is -2.27. The molecule has 0 radical (unpaired) electrons. The van der Waals surface area contributed by atoms with Crippen LogP contribution in [0, 0.1) is 0 Å². The molecule has 0 amide bonds. The number of aliphatic hydroxyl groups excluding tert-OH is 1. The summed E-state index contributed by atoms with van der Waals surface area (Å²) in [6.07, 6.45) is 9.52. The number of imidazole rings is 1. The number of aliphatic hydroxyl groups is 1. The molecule has 0 saturated heterocycles. The van der Waals surface area contributed by atoms with Crippen molar-refractivity contribution < 1.29 is 9.84 Å². The van der Waals surface area contributed by atoms with Crippen molar-refractivity contribution in [2.45, 2.75) is 44.4 Å². The van der Waals surface area contributed by atoms with E-state index in [2.05, 4.69) is 44.2 Å². The van der Waals surface area contributed by atoms with Crippen LogP contribution in [0.15, 0.2) is 49.1 Å². The fourth-order valence-corrected chi connectivity index (χ4v) is 5.92. The lowest BCUT2D eigenvalue weighted by atomic mass is 9.93. The fraction of sp³-hybridized carbons (Fsp3) is 0.346. The molecule has 0 aliphatic heterocycles.